The molecule has 37 heavy (non-hydrogen) atoms. The fourth-order valence-corrected chi connectivity index (χ4v) is 8.91. The highest BCUT2D eigenvalue weighted by Gasteiger charge is 2.78. The van der Waals surface area contributed by atoms with Crippen LogP contribution in [0.25, 0.3) is 0 Å². The number of alkyl halides is 1. The number of rotatable bonds is 2. The van der Waals surface area contributed by atoms with Crippen molar-refractivity contribution in [1.29, 1.82) is 0 Å². The zero-order valence-electron chi connectivity index (χ0n) is 21.8. The standard InChI is InChI=1S/C30H35FO6/c1-18-14-23-22-11-10-20-15-21(32)12-13-26(20,2)28(22,31)24(33)16-27(23,3)29(18)25(34)17-36-30(35-4,37-29)19-8-6-5-7-9-19/h5-9,12-13,15,18,22-24,33H,10-11,14,16-17H2,1-4H3/t18-,22-,23-,24-,26-,27-,28-,29-,30?/m0/s1. The lowest BCUT2D eigenvalue weighted by molar-refractivity contribution is -0.440. The second-order valence-corrected chi connectivity index (χ2v) is 12.1. The molecule has 6 nitrogen and oxygen atoms in total. The molecular formula is C30H35FO6. The largest absolute Gasteiger partial charge is 0.390 e. The van der Waals surface area contributed by atoms with Crippen molar-refractivity contribution in [3.8, 4) is 0 Å². The maximum Gasteiger partial charge on any atom is 0.313 e. The third-order valence-electron chi connectivity index (χ3n) is 10.7. The van der Waals surface area contributed by atoms with Crippen LogP contribution < -0.4 is 0 Å². The summed E-state index contributed by atoms with van der Waals surface area (Å²) in [6, 6.07) is 9.26. The van der Waals surface area contributed by atoms with E-state index in [-0.39, 0.29) is 36.4 Å². The Bertz CT molecular complexity index is 1210. The van der Waals surface area contributed by atoms with Crippen molar-refractivity contribution >= 4 is 11.6 Å². The molecule has 1 spiro atoms. The van der Waals surface area contributed by atoms with Crippen molar-refractivity contribution in [2.24, 2.45) is 28.6 Å². The van der Waals surface area contributed by atoms with E-state index in [1.807, 2.05) is 44.2 Å². The van der Waals surface area contributed by atoms with Crippen LogP contribution in [0.3, 0.4) is 0 Å². The smallest absolute Gasteiger partial charge is 0.313 e. The van der Waals surface area contributed by atoms with Gasteiger partial charge in [-0.25, -0.2) is 4.39 Å². The molecule has 6 rings (SSSR count). The molecule has 1 aromatic rings. The Balaban J connectivity index is 1.46. The highest BCUT2D eigenvalue weighted by molar-refractivity contribution is 6.01. The molecule has 5 aliphatic rings. The van der Waals surface area contributed by atoms with Gasteiger partial charge in [0.15, 0.2) is 17.2 Å². The number of ether oxygens (including phenoxy) is 3. The molecule has 1 heterocycles. The first-order chi connectivity index (χ1) is 17.5. The van der Waals surface area contributed by atoms with Gasteiger partial charge in [-0.2, -0.15) is 0 Å². The molecular weight excluding hydrogens is 475 g/mol. The Morgan fingerprint density at radius 2 is 1.86 bits per heavy atom. The number of benzene rings is 1. The fourth-order valence-electron chi connectivity index (χ4n) is 8.91. The maximum absolute atomic E-state index is 17.5. The summed E-state index contributed by atoms with van der Waals surface area (Å²) in [4.78, 5) is 26.0. The summed E-state index contributed by atoms with van der Waals surface area (Å²) < 4.78 is 36.1. The van der Waals surface area contributed by atoms with Crippen LogP contribution in [0.4, 0.5) is 4.39 Å². The highest BCUT2D eigenvalue weighted by atomic mass is 19.1. The minimum Gasteiger partial charge on any atom is -0.390 e. The molecule has 4 fully saturated rings. The minimum absolute atomic E-state index is 0.0555. The first kappa shape index (κ1) is 25.1. The first-order valence-electron chi connectivity index (χ1n) is 13.3. The van der Waals surface area contributed by atoms with Crippen molar-refractivity contribution in [2.75, 3.05) is 13.7 Å². The Morgan fingerprint density at radius 3 is 2.57 bits per heavy atom. The van der Waals surface area contributed by atoms with Gasteiger partial charge in [-0.1, -0.05) is 55.8 Å². The lowest BCUT2D eigenvalue weighted by Crippen LogP contribution is -2.72. The number of Topliss-reactive ketones (excluding diaryl/α,β-unsaturated/α-hetero) is 1. The van der Waals surface area contributed by atoms with E-state index in [0.29, 0.717) is 24.8 Å². The highest BCUT2D eigenvalue weighted by Crippen LogP contribution is 2.72. The van der Waals surface area contributed by atoms with Crippen LogP contribution in [-0.2, 0) is 29.8 Å². The Hall–Kier alpha value is -2.19. The van der Waals surface area contributed by atoms with E-state index in [9.17, 15) is 14.7 Å². The molecule has 0 bridgehead atoms. The summed E-state index contributed by atoms with van der Waals surface area (Å²) in [5.74, 6) is -2.89. The SMILES string of the molecule is COC1(c2ccccc2)OCC(=O)[C@@]2(O1)[C@@H](C)C[C@H]1[C@@H]3CCC4=CC(=O)C=C[C@]4(C)[C@@]3(F)[C@@H](O)C[C@@]12C. The Kier molecular flexibility index (Phi) is 5.37. The van der Waals surface area contributed by atoms with E-state index in [1.54, 1.807) is 13.0 Å². The van der Waals surface area contributed by atoms with Crippen LogP contribution in [0.5, 0.6) is 0 Å². The third kappa shape index (κ3) is 2.89. The van der Waals surface area contributed by atoms with Crippen LogP contribution in [0.2, 0.25) is 0 Å². The third-order valence-corrected chi connectivity index (χ3v) is 10.7. The van der Waals surface area contributed by atoms with Gasteiger partial charge in [0.2, 0.25) is 0 Å². The molecule has 1 unspecified atom stereocenters. The van der Waals surface area contributed by atoms with Crippen LogP contribution in [0.15, 0.2) is 54.1 Å². The monoisotopic (exact) mass is 510 g/mol. The summed E-state index contributed by atoms with van der Waals surface area (Å²) in [7, 11) is 1.49. The molecule has 1 N–H and O–H groups in total. The Morgan fingerprint density at radius 1 is 1.14 bits per heavy atom. The number of fused-ring (bicyclic) bond motifs is 6. The second-order valence-electron chi connectivity index (χ2n) is 12.1. The summed E-state index contributed by atoms with van der Waals surface area (Å²) in [5, 5.41) is 11.7. The first-order valence-corrected chi connectivity index (χ1v) is 13.3. The van der Waals surface area contributed by atoms with E-state index in [2.05, 4.69) is 0 Å². The summed E-state index contributed by atoms with van der Waals surface area (Å²) in [6.45, 7) is 5.56. The predicted molar refractivity (Wildman–Crippen MR) is 133 cm³/mol. The molecule has 1 saturated heterocycles. The lowest BCUT2D eigenvalue weighted by atomic mass is 9.44. The average Bonchev–Trinajstić information content (AvgIpc) is 3.09. The topological polar surface area (TPSA) is 82.1 Å². The molecule has 0 radical (unpaired) electrons. The number of methoxy groups -OCH3 is 1. The lowest BCUT2D eigenvalue weighted by Gasteiger charge is -2.63. The number of aliphatic hydroxyl groups excluding tert-OH is 1. The van der Waals surface area contributed by atoms with E-state index < -0.39 is 40.1 Å². The normalized spacial score (nSPS) is 48.9. The summed E-state index contributed by atoms with van der Waals surface area (Å²) in [5.41, 5.74) is -3.84. The van der Waals surface area contributed by atoms with E-state index >= 15 is 4.39 Å². The van der Waals surface area contributed by atoms with Crippen molar-refractivity contribution in [3.63, 3.8) is 0 Å². The van der Waals surface area contributed by atoms with Gasteiger partial charge in [0, 0.05) is 29.4 Å². The van der Waals surface area contributed by atoms with Gasteiger partial charge in [0.25, 0.3) is 0 Å². The molecule has 0 amide bonds. The van der Waals surface area contributed by atoms with Crippen molar-refractivity contribution in [2.45, 2.75) is 69.8 Å². The van der Waals surface area contributed by atoms with Crippen LogP contribution in [0.1, 0.15) is 52.0 Å². The van der Waals surface area contributed by atoms with Crippen molar-refractivity contribution in [1.82, 2.24) is 0 Å². The van der Waals surface area contributed by atoms with Gasteiger partial charge < -0.3 is 19.3 Å². The van der Waals surface area contributed by atoms with Crippen LogP contribution in [-0.4, -0.2) is 47.8 Å². The second kappa shape index (κ2) is 7.92. The zero-order chi connectivity index (χ0) is 26.4. The number of ketones is 2. The molecule has 7 heteroatoms. The number of hydrogen-bond acceptors (Lipinski definition) is 6. The number of allylic oxidation sites excluding steroid dienone is 4. The van der Waals surface area contributed by atoms with Gasteiger partial charge in [-0.3, -0.25) is 9.59 Å². The molecule has 0 aromatic heterocycles. The van der Waals surface area contributed by atoms with Crippen LogP contribution in [0, 0.1) is 28.6 Å². The fraction of sp³-hybridized carbons (Fsp3) is 0.600. The quantitative estimate of drug-likeness (QED) is 0.635. The van der Waals surface area contributed by atoms with Gasteiger partial charge in [-0.15, -0.1) is 0 Å². The molecule has 1 aliphatic heterocycles. The number of carbonyl (C=O) groups excluding carboxylic acids is 2. The number of hydrogen-bond donors (Lipinski definition) is 1. The zero-order valence-corrected chi connectivity index (χ0v) is 21.8. The van der Waals surface area contributed by atoms with Crippen molar-refractivity contribution < 1.29 is 33.3 Å². The van der Waals surface area contributed by atoms with E-state index in [1.165, 1.54) is 19.3 Å². The maximum atomic E-state index is 17.5. The Labute approximate surface area is 216 Å². The molecule has 1 aromatic carbocycles. The molecule has 198 valence electrons. The van der Waals surface area contributed by atoms with Crippen LogP contribution >= 0.6 is 0 Å². The van der Waals surface area contributed by atoms with Gasteiger partial charge in [0.05, 0.1) is 6.10 Å². The van der Waals surface area contributed by atoms with Gasteiger partial charge >= 0.3 is 5.97 Å². The molecule has 3 saturated carbocycles. The number of aliphatic hydroxyl groups is 1. The molecule has 4 aliphatic carbocycles. The summed E-state index contributed by atoms with van der Waals surface area (Å²) in [6.07, 6.45) is 4.97. The van der Waals surface area contributed by atoms with Gasteiger partial charge in [-0.05, 0) is 56.6 Å². The van der Waals surface area contributed by atoms with E-state index in [4.69, 9.17) is 14.2 Å². The van der Waals surface area contributed by atoms with Gasteiger partial charge in [0.1, 0.15) is 12.2 Å². The predicted octanol–water partition coefficient (Wildman–Crippen LogP) is 4.41. The van der Waals surface area contributed by atoms with Crippen molar-refractivity contribution in [3.05, 3.63) is 59.7 Å². The minimum atomic E-state index is -1.96. The average molecular weight is 511 g/mol. The molecule has 9 atom stereocenters. The number of carbonyl (C=O) groups is 2. The van der Waals surface area contributed by atoms with E-state index in [0.717, 1.165) is 5.57 Å². The number of halogens is 1. The summed E-state index contributed by atoms with van der Waals surface area (Å²) >= 11 is 0.